The minimum atomic E-state index is 0.493. The predicted octanol–water partition coefficient (Wildman–Crippen LogP) is 2.32. The van der Waals surface area contributed by atoms with Gasteiger partial charge in [-0.05, 0) is 38.5 Å². The van der Waals surface area contributed by atoms with Gasteiger partial charge in [-0.15, -0.1) is 0 Å². The van der Waals surface area contributed by atoms with Crippen LogP contribution in [0, 0.1) is 5.92 Å². The van der Waals surface area contributed by atoms with E-state index in [4.69, 9.17) is 10.5 Å². The second-order valence-electron chi connectivity index (χ2n) is 4.05. The summed E-state index contributed by atoms with van der Waals surface area (Å²) in [7, 11) is 0. The number of ether oxygens (including phenoxy) is 1. The molecule has 0 amide bonds. The molecule has 1 fully saturated rings. The normalized spacial score (nSPS) is 18.9. The lowest BCUT2D eigenvalue weighted by Crippen LogP contribution is -2.21. The van der Waals surface area contributed by atoms with Crippen molar-refractivity contribution in [3.63, 3.8) is 0 Å². The Bertz CT molecular complexity index is 123. The first-order valence-corrected chi connectivity index (χ1v) is 5.68. The molecule has 0 heterocycles. The lowest BCUT2D eigenvalue weighted by molar-refractivity contribution is 0.142. The molecule has 0 saturated heterocycles. The van der Waals surface area contributed by atoms with E-state index in [1.165, 1.54) is 38.5 Å². The molecule has 1 rings (SSSR count). The fraction of sp³-hybridized carbons (Fsp3) is 1.00. The molecule has 1 saturated carbocycles. The number of rotatable bonds is 8. The first-order valence-electron chi connectivity index (χ1n) is 5.68. The quantitative estimate of drug-likeness (QED) is 0.589. The second kappa shape index (κ2) is 6.39. The number of hydrogen-bond donors (Lipinski definition) is 1. The van der Waals surface area contributed by atoms with Crippen LogP contribution in [0.1, 0.15) is 45.4 Å². The van der Waals surface area contributed by atoms with Gasteiger partial charge in [-0.1, -0.05) is 12.8 Å². The van der Waals surface area contributed by atoms with Crippen molar-refractivity contribution >= 4 is 0 Å². The molecular formula is C11H23NO. The Morgan fingerprint density at radius 3 is 2.69 bits per heavy atom. The molecule has 1 aliphatic carbocycles. The Labute approximate surface area is 81.8 Å². The molecule has 0 aliphatic heterocycles. The fourth-order valence-electron chi connectivity index (χ4n) is 1.67. The van der Waals surface area contributed by atoms with Gasteiger partial charge in [0.15, 0.2) is 0 Å². The van der Waals surface area contributed by atoms with Crippen molar-refractivity contribution in [1.82, 2.24) is 0 Å². The molecule has 2 N–H and O–H groups in total. The molecule has 13 heavy (non-hydrogen) atoms. The van der Waals surface area contributed by atoms with Crippen LogP contribution in [0.5, 0.6) is 0 Å². The van der Waals surface area contributed by atoms with Gasteiger partial charge < -0.3 is 10.5 Å². The lowest BCUT2D eigenvalue weighted by Gasteiger charge is -2.09. The Balaban J connectivity index is 1.77. The van der Waals surface area contributed by atoms with Crippen molar-refractivity contribution in [2.45, 2.75) is 51.5 Å². The maximum absolute atomic E-state index is 5.99. The van der Waals surface area contributed by atoms with E-state index < -0.39 is 0 Å². The van der Waals surface area contributed by atoms with Crippen molar-refractivity contribution in [1.29, 1.82) is 0 Å². The lowest BCUT2D eigenvalue weighted by atomic mass is 10.1. The van der Waals surface area contributed by atoms with Gasteiger partial charge in [0.25, 0.3) is 0 Å². The van der Waals surface area contributed by atoms with E-state index >= 15 is 0 Å². The molecule has 0 aromatic rings. The van der Waals surface area contributed by atoms with Gasteiger partial charge in [-0.3, -0.25) is 0 Å². The van der Waals surface area contributed by atoms with E-state index in [1.807, 2.05) is 6.92 Å². The smallest absolute Gasteiger partial charge is 0.0465 e. The molecule has 1 aliphatic rings. The third-order valence-corrected chi connectivity index (χ3v) is 2.76. The highest BCUT2D eigenvalue weighted by atomic mass is 16.5. The highest BCUT2D eigenvalue weighted by Crippen LogP contribution is 2.33. The summed E-state index contributed by atoms with van der Waals surface area (Å²) in [4.78, 5) is 0. The molecular weight excluding hydrogens is 162 g/mol. The van der Waals surface area contributed by atoms with E-state index in [2.05, 4.69) is 0 Å². The number of unbranched alkanes of at least 4 members (excludes halogenated alkanes) is 2. The Morgan fingerprint density at radius 2 is 2.08 bits per heavy atom. The highest BCUT2D eigenvalue weighted by molar-refractivity contribution is 4.83. The summed E-state index contributed by atoms with van der Waals surface area (Å²) >= 11 is 0. The fourth-order valence-corrected chi connectivity index (χ4v) is 1.67. The first-order chi connectivity index (χ1) is 6.34. The largest absolute Gasteiger partial charge is 0.382 e. The summed E-state index contributed by atoms with van der Waals surface area (Å²) in [5.74, 6) is 0.867. The van der Waals surface area contributed by atoms with Crippen LogP contribution < -0.4 is 5.73 Å². The Hall–Kier alpha value is -0.0800. The summed E-state index contributed by atoms with van der Waals surface area (Å²) in [5.41, 5.74) is 5.99. The maximum Gasteiger partial charge on any atom is 0.0465 e. The average molecular weight is 185 g/mol. The molecule has 1 unspecified atom stereocenters. The molecule has 1 atom stereocenters. The van der Waals surface area contributed by atoms with Crippen LogP contribution >= 0.6 is 0 Å². The topological polar surface area (TPSA) is 35.2 Å². The maximum atomic E-state index is 5.99. The van der Waals surface area contributed by atoms with E-state index in [0.717, 1.165) is 19.1 Å². The Morgan fingerprint density at radius 1 is 1.31 bits per heavy atom. The zero-order chi connectivity index (χ0) is 9.52. The van der Waals surface area contributed by atoms with E-state index in [1.54, 1.807) is 0 Å². The summed E-state index contributed by atoms with van der Waals surface area (Å²) < 4.78 is 5.27. The number of hydrogen-bond acceptors (Lipinski definition) is 2. The van der Waals surface area contributed by atoms with Crippen molar-refractivity contribution in [2.75, 3.05) is 13.2 Å². The van der Waals surface area contributed by atoms with Crippen LogP contribution in [0.2, 0.25) is 0 Å². The van der Waals surface area contributed by atoms with Crippen molar-refractivity contribution < 1.29 is 4.74 Å². The zero-order valence-electron chi connectivity index (χ0n) is 8.80. The molecule has 2 heteroatoms. The van der Waals surface area contributed by atoms with E-state index in [0.29, 0.717) is 6.04 Å². The third kappa shape index (κ3) is 5.27. The van der Waals surface area contributed by atoms with Crippen LogP contribution in [-0.2, 0) is 4.74 Å². The average Bonchev–Trinajstić information content (AvgIpc) is 2.93. The van der Waals surface area contributed by atoms with Crippen molar-refractivity contribution in [2.24, 2.45) is 11.7 Å². The Kier molecular flexibility index (Phi) is 5.40. The van der Waals surface area contributed by atoms with Crippen LogP contribution in [0.25, 0.3) is 0 Å². The van der Waals surface area contributed by atoms with Crippen LogP contribution in [-0.4, -0.2) is 19.3 Å². The summed E-state index contributed by atoms with van der Waals surface area (Å²) in [6.07, 6.45) is 7.73. The molecule has 0 aromatic heterocycles. The van der Waals surface area contributed by atoms with Gasteiger partial charge in [-0.25, -0.2) is 0 Å². The minimum absolute atomic E-state index is 0.493. The van der Waals surface area contributed by atoms with E-state index in [-0.39, 0.29) is 0 Å². The predicted molar refractivity (Wildman–Crippen MR) is 55.7 cm³/mol. The second-order valence-corrected chi connectivity index (χ2v) is 4.05. The molecule has 0 spiro atoms. The summed E-state index contributed by atoms with van der Waals surface area (Å²) in [6, 6.07) is 0.493. The van der Waals surface area contributed by atoms with Crippen LogP contribution in [0.4, 0.5) is 0 Å². The highest BCUT2D eigenvalue weighted by Gasteiger charge is 2.27. The zero-order valence-corrected chi connectivity index (χ0v) is 8.80. The molecule has 0 bridgehead atoms. The van der Waals surface area contributed by atoms with Crippen LogP contribution in [0.3, 0.4) is 0 Å². The minimum Gasteiger partial charge on any atom is -0.382 e. The first kappa shape index (κ1) is 11.0. The van der Waals surface area contributed by atoms with Gasteiger partial charge >= 0.3 is 0 Å². The van der Waals surface area contributed by atoms with Gasteiger partial charge in [0.05, 0.1) is 0 Å². The van der Waals surface area contributed by atoms with Crippen LogP contribution in [0.15, 0.2) is 0 Å². The number of nitrogens with two attached hydrogens (primary N) is 1. The summed E-state index contributed by atoms with van der Waals surface area (Å²) in [6.45, 7) is 3.82. The standard InChI is InChI=1S/C11H23NO/c1-2-13-9-5-3-4-6-11(12)10-7-8-10/h10-11H,2-9,12H2,1H3. The van der Waals surface area contributed by atoms with Crippen molar-refractivity contribution in [3.8, 4) is 0 Å². The molecule has 0 aromatic carbocycles. The van der Waals surface area contributed by atoms with Gasteiger partial charge in [0, 0.05) is 19.3 Å². The third-order valence-electron chi connectivity index (χ3n) is 2.76. The van der Waals surface area contributed by atoms with Gasteiger partial charge in [0.2, 0.25) is 0 Å². The SMILES string of the molecule is CCOCCCCCC(N)C1CC1. The van der Waals surface area contributed by atoms with Gasteiger partial charge in [0.1, 0.15) is 0 Å². The molecule has 0 radical (unpaired) electrons. The molecule has 78 valence electrons. The van der Waals surface area contributed by atoms with E-state index in [9.17, 15) is 0 Å². The van der Waals surface area contributed by atoms with Crippen molar-refractivity contribution in [3.05, 3.63) is 0 Å². The van der Waals surface area contributed by atoms with Gasteiger partial charge in [-0.2, -0.15) is 0 Å². The molecule has 2 nitrogen and oxygen atoms in total. The monoisotopic (exact) mass is 185 g/mol. The summed E-state index contributed by atoms with van der Waals surface area (Å²) in [5, 5.41) is 0.